The Kier molecular flexibility index (Phi) is 6.29. The van der Waals surface area contributed by atoms with Crippen LogP contribution in [0.15, 0.2) is 97.7 Å². The largest absolute Gasteiger partial charge is 0.422 e. The Bertz CT molecular complexity index is 1580. The summed E-state index contributed by atoms with van der Waals surface area (Å²) in [5.41, 5.74) is 1.71. The van der Waals surface area contributed by atoms with E-state index in [1.807, 2.05) is 43.3 Å². The lowest BCUT2D eigenvalue weighted by Gasteiger charge is -2.10. The van der Waals surface area contributed by atoms with Gasteiger partial charge in [0.25, 0.3) is 5.22 Å². The fourth-order valence-corrected chi connectivity index (χ4v) is 4.36. The third-order valence-electron chi connectivity index (χ3n) is 5.64. The van der Waals surface area contributed by atoms with E-state index >= 15 is 0 Å². The number of carbonyl (C=O) groups excluding carboxylic acids is 1. The van der Waals surface area contributed by atoms with Crippen molar-refractivity contribution in [1.29, 1.82) is 0 Å². The van der Waals surface area contributed by atoms with Crippen LogP contribution in [0.3, 0.4) is 0 Å². The second-order valence-electron chi connectivity index (χ2n) is 7.93. The zero-order chi connectivity index (χ0) is 24.4. The molecule has 0 spiro atoms. The van der Waals surface area contributed by atoms with Gasteiger partial charge in [0.1, 0.15) is 17.0 Å². The second-order valence-corrected chi connectivity index (χ2v) is 8.86. The van der Waals surface area contributed by atoms with Crippen molar-refractivity contribution in [2.24, 2.45) is 0 Å². The fourth-order valence-electron chi connectivity index (χ4n) is 3.71. The van der Waals surface area contributed by atoms with E-state index in [0.29, 0.717) is 28.0 Å². The number of benzene rings is 3. The van der Waals surface area contributed by atoms with E-state index in [-0.39, 0.29) is 28.3 Å². The van der Waals surface area contributed by atoms with Gasteiger partial charge in [0, 0.05) is 10.9 Å². The highest BCUT2D eigenvalue weighted by Crippen LogP contribution is 2.30. The number of nitrogens with zero attached hydrogens (tertiary/aromatic N) is 2. The van der Waals surface area contributed by atoms with E-state index in [2.05, 4.69) is 10.2 Å². The first-order valence-electron chi connectivity index (χ1n) is 10.9. The van der Waals surface area contributed by atoms with E-state index in [4.69, 9.17) is 8.83 Å². The molecule has 1 atom stereocenters. The summed E-state index contributed by atoms with van der Waals surface area (Å²) in [4.78, 5) is 24.8. The molecule has 0 radical (unpaired) electrons. The molecule has 5 rings (SSSR count). The van der Waals surface area contributed by atoms with Crippen LogP contribution in [0.1, 0.15) is 34.7 Å². The summed E-state index contributed by atoms with van der Waals surface area (Å²) in [6.07, 6.45) is 0. The molecular formula is C27H19FN2O4S. The van der Waals surface area contributed by atoms with Crippen LogP contribution in [-0.4, -0.2) is 21.7 Å². The summed E-state index contributed by atoms with van der Waals surface area (Å²) in [7, 11) is 0. The molecular weight excluding hydrogens is 467 g/mol. The molecule has 0 unspecified atom stereocenters. The number of ketones is 1. The molecule has 0 amide bonds. The van der Waals surface area contributed by atoms with Gasteiger partial charge in [-0.3, -0.25) is 4.79 Å². The van der Waals surface area contributed by atoms with Crippen LogP contribution in [0.25, 0.3) is 22.1 Å². The maximum Gasteiger partial charge on any atom is 0.347 e. The lowest BCUT2D eigenvalue weighted by atomic mass is 9.97. The highest BCUT2D eigenvalue weighted by atomic mass is 32.2. The molecule has 0 aliphatic heterocycles. The Morgan fingerprint density at radius 1 is 0.971 bits per heavy atom. The van der Waals surface area contributed by atoms with Gasteiger partial charge in [0.05, 0.1) is 11.7 Å². The Balaban J connectivity index is 1.28. The van der Waals surface area contributed by atoms with Gasteiger partial charge in [-0.25, -0.2) is 9.18 Å². The molecule has 0 fully saturated rings. The van der Waals surface area contributed by atoms with Crippen molar-refractivity contribution in [3.05, 3.63) is 112 Å². The quantitative estimate of drug-likeness (QED) is 0.156. The summed E-state index contributed by atoms with van der Waals surface area (Å²) in [5.74, 6) is -0.855. The summed E-state index contributed by atoms with van der Waals surface area (Å²) in [5, 5.41) is 8.90. The number of fused-ring (bicyclic) bond motifs is 1. The number of rotatable bonds is 7. The summed E-state index contributed by atoms with van der Waals surface area (Å²) in [6.45, 7) is 1.84. The highest BCUT2D eigenvalue weighted by Gasteiger charge is 2.20. The highest BCUT2D eigenvalue weighted by molar-refractivity contribution is 7.99. The minimum absolute atomic E-state index is 0.0294. The van der Waals surface area contributed by atoms with E-state index in [0.717, 1.165) is 17.3 Å². The Morgan fingerprint density at radius 3 is 2.54 bits per heavy atom. The lowest BCUT2D eigenvalue weighted by molar-refractivity contribution is 0.101. The van der Waals surface area contributed by atoms with Crippen molar-refractivity contribution in [1.82, 2.24) is 10.2 Å². The van der Waals surface area contributed by atoms with Crippen LogP contribution in [-0.2, 0) is 0 Å². The summed E-state index contributed by atoms with van der Waals surface area (Å²) < 4.78 is 25.7. The van der Waals surface area contributed by atoms with Crippen LogP contribution in [0, 0.1) is 5.82 Å². The Morgan fingerprint density at radius 2 is 1.74 bits per heavy atom. The van der Waals surface area contributed by atoms with Gasteiger partial charge in [-0.05, 0) is 36.2 Å². The van der Waals surface area contributed by atoms with Crippen LogP contribution in [0.5, 0.6) is 0 Å². The van der Waals surface area contributed by atoms with Gasteiger partial charge >= 0.3 is 5.63 Å². The first-order chi connectivity index (χ1) is 17.0. The number of carbonyl (C=O) groups is 1. The monoisotopic (exact) mass is 486 g/mol. The molecule has 2 heterocycles. The number of hydrogen-bond donors (Lipinski definition) is 0. The van der Waals surface area contributed by atoms with Gasteiger partial charge in [-0.2, -0.15) is 0 Å². The lowest BCUT2D eigenvalue weighted by Crippen LogP contribution is -2.15. The molecule has 0 bridgehead atoms. The van der Waals surface area contributed by atoms with Crippen molar-refractivity contribution in [2.75, 3.05) is 5.75 Å². The molecule has 5 aromatic rings. The number of Topliss-reactive ketones (excluding diaryl/α,β-unsaturated/α-hetero) is 1. The van der Waals surface area contributed by atoms with Crippen LogP contribution in [0.2, 0.25) is 0 Å². The van der Waals surface area contributed by atoms with Crippen molar-refractivity contribution >= 4 is 28.5 Å². The molecule has 3 aromatic carbocycles. The standard InChI is InChI=1S/C27H19FN2O4S/c1-16(18-11-12-20(22(28)14-18)17-7-3-2-4-8-17)25-29-30-27(34-25)35-15-23(31)21-13-19-9-5-6-10-24(19)33-26(21)32/h2-14,16H,15H2,1H3/t16-/m1/s1. The van der Waals surface area contributed by atoms with Gasteiger partial charge in [0.2, 0.25) is 5.89 Å². The predicted molar refractivity (Wildman–Crippen MR) is 131 cm³/mol. The molecule has 174 valence electrons. The first kappa shape index (κ1) is 22.7. The van der Waals surface area contributed by atoms with Gasteiger partial charge in [-0.15, -0.1) is 10.2 Å². The summed E-state index contributed by atoms with van der Waals surface area (Å²) in [6, 6.07) is 22.9. The number of aromatic nitrogens is 2. The van der Waals surface area contributed by atoms with E-state index in [9.17, 15) is 14.0 Å². The SMILES string of the molecule is C[C@H](c1ccc(-c2ccccc2)c(F)c1)c1nnc(SCC(=O)c2cc3ccccc3oc2=O)o1. The zero-order valence-corrected chi connectivity index (χ0v) is 19.4. The van der Waals surface area contributed by atoms with Crippen LogP contribution >= 0.6 is 11.8 Å². The number of hydrogen-bond acceptors (Lipinski definition) is 7. The zero-order valence-electron chi connectivity index (χ0n) is 18.6. The van der Waals surface area contributed by atoms with Gasteiger partial charge in [0.15, 0.2) is 5.78 Å². The molecule has 2 aromatic heterocycles. The van der Waals surface area contributed by atoms with E-state index in [1.54, 1.807) is 30.3 Å². The maximum absolute atomic E-state index is 14.8. The molecule has 6 nitrogen and oxygen atoms in total. The Hall–Kier alpha value is -4.04. The number of thioether (sulfide) groups is 1. The molecule has 35 heavy (non-hydrogen) atoms. The smallest absolute Gasteiger partial charge is 0.347 e. The minimum Gasteiger partial charge on any atom is -0.422 e. The van der Waals surface area contributed by atoms with Crippen molar-refractivity contribution in [2.45, 2.75) is 18.1 Å². The topological polar surface area (TPSA) is 86.2 Å². The van der Waals surface area contributed by atoms with Gasteiger partial charge in [-0.1, -0.05) is 72.4 Å². The van der Waals surface area contributed by atoms with Crippen LogP contribution in [0.4, 0.5) is 4.39 Å². The average molecular weight is 487 g/mol. The van der Waals surface area contributed by atoms with Crippen molar-refractivity contribution in [3.8, 4) is 11.1 Å². The normalized spacial score (nSPS) is 12.1. The van der Waals surface area contributed by atoms with Crippen LogP contribution < -0.4 is 5.63 Å². The Labute approximate surface area is 203 Å². The molecule has 0 saturated heterocycles. The van der Waals surface area contributed by atoms with Crippen molar-refractivity contribution in [3.63, 3.8) is 0 Å². The summed E-state index contributed by atoms with van der Waals surface area (Å²) >= 11 is 1.03. The number of halogens is 1. The molecule has 0 aliphatic carbocycles. The predicted octanol–water partition coefficient (Wildman–Crippen LogP) is 6.11. The maximum atomic E-state index is 14.8. The molecule has 0 aliphatic rings. The second kappa shape index (κ2) is 9.68. The minimum atomic E-state index is -0.685. The average Bonchev–Trinajstić information content (AvgIpc) is 3.36. The van der Waals surface area contributed by atoms with E-state index in [1.165, 1.54) is 12.1 Å². The van der Waals surface area contributed by atoms with E-state index < -0.39 is 11.4 Å². The first-order valence-corrected chi connectivity index (χ1v) is 11.9. The number of para-hydroxylation sites is 1. The van der Waals surface area contributed by atoms with Gasteiger partial charge < -0.3 is 8.83 Å². The fraction of sp³-hybridized carbons (Fsp3) is 0.111. The molecule has 0 saturated carbocycles. The molecule has 8 heteroatoms. The third kappa shape index (κ3) is 4.79. The third-order valence-corrected chi connectivity index (χ3v) is 6.46. The molecule has 0 N–H and O–H groups in total. The van der Waals surface area contributed by atoms with Crippen molar-refractivity contribution < 1.29 is 18.0 Å².